The highest BCUT2D eigenvalue weighted by Crippen LogP contribution is 2.23. The summed E-state index contributed by atoms with van der Waals surface area (Å²) < 4.78 is 0. The van der Waals surface area contributed by atoms with Crippen molar-refractivity contribution in [3.8, 4) is 0 Å². The molecule has 12 nitrogen and oxygen atoms in total. The third-order valence-corrected chi connectivity index (χ3v) is 8.98. The lowest BCUT2D eigenvalue weighted by Crippen LogP contribution is -2.62. The first kappa shape index (κ1) is 42.7. The molecule has 1 saturated heterocycles. The number of carboxylic acid groups (broad SMARTS) is 1. The fourth-order valence-electron chi connectivity index (χ4n) is 5.83. The monoisotopic (exact) mass is 708 g/mol. The van der Waals surface area contributed by atoms with Gasteiger partial charge in [0.05, 0.1) is 12.0 Å². The zero-order valence-corrected chi connectivity index (χ0v) is 30.5. The Morgan fingerprint density at radius 2 is 1.67 bits per heavy atom. The van der Waals surface area contributed by atoms with E-state index in [4.69, 9.17) is 0 Å². The molecule has 0 spiro atoms. The van der Waals surface area contributed by atoms with Crippen LogP contribution in [0.5, 0.6) is 0 Å². The zero-order valence-electron chi connectivity index (χ0n) is 30.5. The molecule has 1 aliphatic heterocycles. The second-order valence-corrected chi connectivity index (χ2v) is 13.7. The van der Waals surface area contributed by atoms with Crippen molar-refractivity contribution in [3.05, 3.63) is 71.8 Å². The van der Waals surface area contributed by atoms with Crippen LogP contribution in [0.3, 0.4) is 0 Å². The third kappa shape index (κ3) is 15.2. The molecule has 280 valence electrons. The Morgan fingerprint density at radius 3 is 2.29 bits per heavy atom. The van der Waals surface area contributed by atoms with Crippen molar-refractivity contribution in [2.24, 2.45) is 17.8 Å². The maximum atomic E-state index is 13.8. The Labute approximate surface area is 301 Å². The standard InChI is InChI=1S/C39H56N4O8/c1-26(2)34(37(48)40-33(25-30-17-12-9-13-18-30)38(49)43-23-14-19-32(42-43)39(50)51)41-36(47)31(21-20-29(5)45)35(46)28(4)16-11-8-6-7-10-15-27(3)22-24-44/h6-9,11-13,17-18,22,24,26,28,31-35,42,46H,10,14-16,19-21,23,25H2,1-5H3,(H,40,48)(H,41,47)(H,50,51)/b7-6+,11-8+,27-22+. The van der Waals surface area contributed by atoms with Gasteiger partial charge in [0, 0.05) is 19.4 Å². The Bertz CT molecular complexity index is 1410. The molecular formula is C39H56N4O8. The third-order valence-electron chi connectivity index (χ3n) is 8.98. The second kappa shape index (κ2) is 22.4. The predicted octanol–water partition coefficient (Wildman–Crippen LogP) is 3.85. The number of carbonyl (C=O) groups is 6. The molecule has 0 aromatic heterocycles. The van der Waals surface area contributed by atoms with Crippen LogP contribution in [0.2, 0.25) is 0 Å². The van der Waals surface area contributed by atoms with Gasteiger partial charge in [-0.15, -0.1) is 0 Å². The van der Waals surface area contributed by atoms with Crippen molar-refractivity contribution in [2.45, 2.75) is 110 Å². The average Bonchev–Trinajstić information content (AvgIpc) is 3.09. The van der Waals surface area contributed by atoms with Crippen molar-refractivity contribution in [2.75, 3.05) is 6.54 Å². The fourth-order valence-corrected chi connectivity index (χ4v) is 5.83. The molecule has 1 aromatic carbocycles. The van der Waals surface area contributed by atoms with Crippen LogP contribution in [0.4, 0.5) is 0 Å². The highest BCUT2D eigenvalue weighted by atomic mass is 16.4. The summed E-state index contributed by atoms with van der Waals surface area (Å²) >= 11 is 0. The topological polar surface area (TPSA) is 182 Å². The quantitative estimate of drug-likeness (QED) is 0.0720. The molecule has 0 radical (unpaired) electrons. The number of allylic oxidation sites excluding steroid dienone is 6. The molecule has 2 rings (SSSR count). The molecule has 1 aromatic rings. The molecule has 6 atom stereocenters. The van der Waals surface area contributed by atoms with Gasteiger partial charge in [0.15, 0.2) is 0 Å². The van der Waals surface area contributed by atoms with Gasteiger partial charge in [-0.3, -0.25) is 29.0 Å². The molecule has 0 aliphatic carbocycles. The molecule has 3 amide bonds. The first-order chi connectivity index (χ1) is 24.2. The van der Waals surface area contributed by atoms with E-state index in [-0.39, 0.29) is 37.5 Å². The number of amides is 3. The van der Waals surface area contributed by atoms with Crippen molar-refractivity contribution in [1.82, 2.24) is 21.1 Å². The lowest BCUT2D eigenvalue weighted by Gasteiger charge is -2.35. The molecule has 1 fully saturated rings. The summed E-state index contributed by atoms with van der Waals surface area (Å²) in [5.41, 5.74) is 4.53. The van der Waals surface area contributed by atoms with E-state index in [0.717, 1.165) is 30.3 Å². The van der Waals surface area contributed by atoms with Gasteiger partial charge in [-0.25, -0.2) is 5.43 Å². The minimum atomic E-state index is -1.11. The number of Topliss-reactive ketones (excluding diaryl/α,β-unsaturated/α-hetero) is 1. The Hall–Kier alpha value is -4.42. The number of aliphatic carboxylic acids is 1. The average molecular weight is 709 g/mol. The van der Waals surface area contributed by atoms with E-state index in [9.17, 15) is 39.0 Å². The molecule has 0 saturated carbocycles. The summed E-state index contributed by atoms with van der Waals surface area (Å²) in [5.74, 6) is -4.59. The summed E-state index contributed by atoms with van der Waals surface area (Å²) in [7, 11) is 0. The number of rotatable bonds is 21. The molecule has 1 aliphatic rings. The van der Waals surface area contributed by atoms with Crippen LogP contribution in [0, 0.1) is 17.8 Å². The molecule has 1 heterocycles. The van der Waals surface area contributed by atoms with Gasteiger partial charge in [-0.1, -0.05) is 81.0 Å². The highest BCUT2D eigenvalue weighted by Gasteiger charge is 2.37. The number of aliphatic hydroxyl groups excluding tert-OH is 1. The molecule has 12 heteroatoms. The molecule has 5 N–H and O–H groups in total. The second-order valence-electron chi connectivity index (χ2n) is 13.7. The van der Waals surface area contributed by atoms with Gasteiger partial charge >= 0.3 is 5.97 Å². The van der Waals surface area contributed by atoms with Crippen molar-refractivity contribution >= 4 is 35.8 Å². The first-order valence-corrected chi connectivity index (χ1v) is 17.8. The van der Waals surface area contributed by atoms with Crippen LogP contribution >= 0.6 is 0 Å². The Morgan fingerprint density at radius 1 is 0.980 bits per heavy atom. The van der Waals surface area contributed by atoms with Crippen LogP contribution in [0.25, 0.3) is 0 Å². The SMILES string of the molecule is CC(=O)CCC(C(=O)NC(C(=O)NC(Cc1ccccc1)C(=O)N1CCCC(C(=O)O)N1)C(C)C)C(O)C(C)C/C=C/C=C/CC/C(C)=C/C=O. The number of aliphatic hydroxyl groups is 1. The lowest BCUT2D eigenvalue weighted by atomic mass is 9.85. The van der Waals surface area contributed by atoms with Gasteiger partial charge in [0.2, 0.25) is 11.8 Å². The number of aldehydes is 1. The van der Waals surface area contributed by atoms with E-state index in [0.29, 0.717) is 19.3 Å². The van der Waals surface area contributed by atoms with E-state index in [1.54, 1.807) is 19.9 Å². The number of hydrogen-bond acceptors (Lipinski definition) is 8. The van der Waals surface area contributed by atoms with Crippen LogP contribution in [-0.2, 0) is 35.2 Å². The summed E-state index contributed by atoms with van der Waals surface area (Å²) in [6.45, 7) is 8.91. The smallest absolute Gasteiger partial charge is 0.322 e. The van der Waals surface area contributed by atoms with Gasteiger partial charge in [0.25, 0.3) is 5.91 Å². The summed E-state index contributed by atoms with van der Waals surface area (Å²) in [6.07, 6.45) is 12.0. The molecule has 0 bridgehead atoms. The highest BCUT2D eigenvalue weighted by molar-refractivity contribution is 5.93. The Balaban J connectivity index is 2.19. The number of nitrogens with one attached hydrogen (secondary N) is 3. The fraction of sp³-hybridized carbons (Fsp3) is 0.538. The largest absolute Gasteiger partial charge is 0.480 e. The summed E-state index contributed by atoms with van der Waals surface area (Å²) in [6, 6.07) is 6.04. The molecule has 51 heavy (non-hydrogen) atoms. The first-order valence-electron chi connectivity index (χ1n) is 17.8. The predicted molar refractivity (Wildman–Crippen MR) is 195 cm³/mol. The van der Waals surface area contributed by atoms with Crippen LogP contribution in [-0.4, -0.2) is 81.8 Å². The van der Waals surface area contributed by atoms with Crippen molar-refractivity contribution in [1.29, 1.82) is 0 Å². The van der Waals surface area contributed by atoms with Gasteiger partial charge < -0.3 is 25.6 Å². The number of nitrogens with zero attached hydrogens (tertiary/aromatic N) is 1. The number of carboxylic acids is 1. The van der Waals surface area contributed by atoms with E-state index >= 15 is 0 Å². The molecular weight excluding hydrogens is 652 g/mol. The lowest BCUT2D eigenvalue weighted by molar-refractivity contribution is -0.148. The van der Waals surface area contributed by atoms with Crippen LogP contribution < -0.4 is 16.1 Å². The van der Waals surface area contributed by atoms with Gasteiger partial charge in [0.1, 0.15) is 30.2 Å². The number of benzene rings is 1. The van der Waals surface area contributed by atoms with Crippen LogP contribution in [0.1, 0.15) is 85.1 Å². The normalized spacial score (nSPS) is 18.2. The number of ketones is 1. The zero-order chi connectivity index (χ0) is 37.9. The van der Waals surface area contributed by atoms with Gasteiger partial charge in [-0.05, 0) is 75.8 Å². The number of carbonyl (C=O) groups excluding carboxylic acids is 5. The maximum absolute atomic E-state index is 13.8. The maximum Gasteiger partial charge on any atom is 0.322 e. The number of hydrazine groups is 1. The van der Waals surface area contributed by atoms with E-state index in [1.165, 1.54) is 11.9 Å². The van der Waals surface area contributed by atoms with Crippen molar-refractivity contribution in [3.63, 3.8) is 0 Å². The number of hydrogen-bond donors (Lipinski definition) is 5. The molecule has 6 unspecified atom stereocenters. The summed E-state index contributed by atoms with van der Waals surface area (Å²) in [5, 5.41) is 27.7. The summed E-state index contributed by atoms with van der Waals surface area (Å²) in [4.78, 5) is 75.4. The van der Waals surface area contributed by atoms with Gasteiger partial charge in [-0.2, -0.15) is 0 Å². The minimum absolute atomic E-state index is 0.0742. The van der Waals surface area contributed by atoms with Crippen molar-refractivity contribution < 1.29 is 39.0 Å². The minimum Gasteiger partial charge on any atom is -0.480 e. The van der Waals surface area contributed by atoms with E-state index in [2.05, 4.69) is 16.1 Å². The van der Waals surface area contributed by atoms with E-state index < -0.39 is 59.8 Å². The van der Waals surface area contributed by atoms with E-state index in [1.807, 2.05) is 68.5 Å². The van der Waals surface area contributed by atoms with Crippen LogP contribution in [0.15, 0.2) is 66.3 Å². The Kier molecular flexibility index (Phi) is 18.8.